The number of aromatic nitrogens is 2. The second kappa shape index (κ2) is 12.3. The van der Waals surface area contributed by atoms with Crippen LogP contribution in [0.1, 0.15) is 22.9 Å². The minimum Gasteiger partial charge on any atom is -0.462 e. The average molecular weight is 582 g/mol. The Hall–Kier alpha value is -3.31. The number of benzene rings is 2. The van der Waals surface area contributed by atoms with E-state index >= 15 is 0 Å². The zero-order valence-electron chi connectivity index (χ0n) is 22.9. The second-order valence-corrected chi connectivity index (χ2v) is 10.8. The Morgan fingerprint density at radius 3 is 2.59 bits per heavy atom. The molecule has 9 nitrogen and oxygen atoms in total. The molecule has 2 aromatic carbocycles. The number of halogens is 2. The third-order valence-corrected chi connectivity index (χ3v) is 8.25. The summed E-state index contributed by atoms with van der Waals surface area (Å²) < 4.78 is 31.4. The number of amides is 1. The fourth-order valence-electron chi connectivity index (χ4n) is 5.73. The lowest BCUT2D eigenvalue weighted by molar-refractivity contribution is -0.128. The maximum Gasteiger partial charge on any atom is 0.318 e. The first-order valence-corrected chi connectivity index (χ1v) is 14.4. The maximum atomic E-state index is 13.5. The van der Waals surface area contributed by atoms with Crippen LogP contribution in [0, 0.1) is 0 Å². The van der Waals surface area contributed by atoms with Crippen molar-refractivity contribution in [2.75, 3.05) is 70.5 Å². The molecule has 0 bridgehead atoms. The summed E-state index contributed by atoms with van der Waals surface area (Å²) in [7, 11) is 0. The van der Waals surface area contributed by atoms with E-state index in [1.807, 2.05) is 30.3 Å². The van der Waals surface area contributed by atoms with Gasteiger partial charge in [0.15, 0.2) is 5.83 Å². The number of fused-ring (bicyclic) bond motifs is 2. The summed E-state index contributed by atoms with van der Waals surface area (Å²) in [4.78, 5) is 27.6. The molecule has 4 heterocycles. The summed E-state index contributed by atoms with van der Waals surface area (Å²) in [6, 6.07) is 12.3. The van der Waals surface area contributed by atoms with Crippen molar-refractivity contribution in [3.63, 3.8) is 0 Å². The van der Waals surface area contributed by atoms with E-state index < -0.39 is 11.7 Å². The lowest BCUT2D eigenvalue weighted by Crippen LogP contribution is -2.49. The minimum absolute atomic E-state index is 0.236. The SMILES string of the molecule is C=C(F)C(=O)N1CCN(c2nc(OCCN3CCOCC3)nc3c2COC(c2cccc4cccc(Cl)c24)C3)CC1. The van der Waals surface area contributed by atoms with Crippen molar-refractivity contribution >= 4 is 34.1 Å². The first-order valence-electron chi connectivity index (χ1n) is 14.0. The van der Waals surface area contributed by atoms with E-state index in [1.165, 1.54) is 4.90 Å². The van der Waals surface area contributed by atoms with Gasteiger partial charge in [0, 0.05) is 68.2 Å². The van der Waals surface area contributed by atoms with Gasteiger partial charge in [0.25, 0.3) is 5.91 Å². The monoisotopic (exact) mass is 581 g/mol. The fraction of sp³-hybridized carbons (Fsp3) is 0.433. The number of morpholine rings is 1. The number of carbonyl (C=O) groups excluding carboxylic acids is 1. The van der Waals surface area contributed by atoms with Crippen molar-refractivity contribution in [1.82, 2.24) is 19.8 Å². The predicted molar refractivity (Wildman–Crippen MR) is 154 cm³/mol. The molecule has 3 aliphatic heterocycles. The van der Waals surface area contributed by atoms with E-state index in [4.69, 9.17) is 35.8 Å². The highest BCUT2D eigenvalue weighted by atomic mass is 35.5. The molecule has 1 atom stereocenters. The van der Waals surface area contributed by atoms with Crippen molar-refractivity contribution in [2.24, 2.45) is 0 Å². The van der Waals surface area contributed by atoms with Gasteiger partial charge in [0.2, 0.25) is 0 Å². The largest absolute Gasteiger partial charge is 0.462 e. The number of nitrogens with zero attached hydrogens (tertiary/aromatic N) is 5. The van der Waals surface area contributed by atoms with Gasteiger partial charge in [0.05, 0.1) is 31.6 Å². The number of anilines is 1. The van der Waals surface area contributed by atoms with E-state index in [-0.39, 0.29) is 6.10 Å². The molecule has 0 radical (unpaired) electrons. The van der Waals surface area contributed by atoms with Crippen LogP contribution in [0.4, 0.5) is 10.2 Å². The number of piperazine rings is 1. The topological polar surface area (TPSA) is 80.3 Å². The quantitative estimate of drug-likeness (QED) is 0.388. The zero-order valence-corrected chi connectivity index (χ0v) is 23.6. The van der Waals surface area contributed by atoms with Gasteiger partial charge in [-0.25, -0.2) is 4.39 Å². The van der Waals surface area contributed by atoms with Crippen LogP contribution in [0.25, 0.3) is 10.8 Å². The van der Waals surface area contributed by atoms with E-state index in [2.05, 4.69) is 22.4 Å². The van der Waals surface area contributed by atoms with Crippen molar-refractivity contribution in [1.29, 1.82) is 0 Å². The van der Waals surface area contributed by atoms with E-state index in [9.17, 15) is 9.18 Å². The Balaban J connectivity index is 1.27. The molecule has 41 heavy (non-hydrogen) atoms. The molecular weight excluding hydrogens is 549 g/mol. The molecule has 0 N–H and O–H groups in total. The number of hydrogen-bond donors (Lipinski definition) is 0. The Morgan fingerprint density at radius 1 is 1.07 bits per heavy atom. The lowest BCUT2D eigenvalue weighted by atomic mass is 9.94. The van der Waals surface area contributed by atoms with Gasteiger partial charge in [-0.1, -0.05) is 48.5 Å². The summed E-state index contributed by atoms with van der Waals surface area (Å²) in [5.74, 6) is -0.875. The third-order valence-electron chi connectivity index (χ3n) is 7.93. The van der Waals surface area contributed by atoms with E-state index in [0.29, 0.717) is 56.8 Å². The second-order valence-electron chi connectivity index (χ2n) is 10.4. The summed E-state index contributed by atoms with van der Waals surface area (Å²) in [5.41, 5.74) is 2.79. The highest BCUT2D eigenvalue weighted by molar-refractivity contribution is 6.35. The Morgan fingerprint density at radius 2 is 1.83 bits per heavy atom. The van der Waals surface area contributed by atoms with Crippen LogP contribution in [-0.2, 0) is 27.3 Å². The van der Waals surface area contributed by atoms with Crippen LogP contribution in [0.3, 0.4) is 0 Å². The van der Waals surface area contributed by atoms with Crippen molar-refractivity contribution in [3.8, 4) is 6.01 Å². The summed E-state index contributed by atoms with van der Waals surface area (Å²) in [6.07, 6.45) is 0.301. The zero-order chi connectivity index (χ0) is 28.3. The van der Waals surface area contributed by atoms with Crippen molar-refractivity contribution in [2.45, 2.75) is 19.1 Å². The van der Waals surface area contributed by atoms with Gasteiger partial charge in [0.1, 0.15) is 12.4 Å². The average Bonchev–Trinajstić information content (AvgIpc) is 3.00. The molecule has 3 aliphatic rings. The molecule has 3 aromatic rings. The first-order chi connectivity index (χ1) is 20.0. The van der Waals surface area contributed by atoms with Gasteiger partial charge in [-0.3, -0.25) is 9.69 Å². The van der Waals surface area contributed by atoms with Gasteiger partial charge in [-0.05, 0) is 17.0 Å². The Bertz CT molecular complexity index is 1440. The molecule has 0 spiro atoms. The van der Waals surface area contributed by atoms with Crippen LogP contribution in [0.5, 0.6) is 6.01 Å². The molecule has 6 rings (SSSR count). The summed E-state index contributed by atoms with van der Waals surface area (Å²) in [5, 5.41) is 2.73. The molecule has 216 valence electrons. The van der Waals surface area contributed by atoms with Crippen LogP contribution in [-0.4, -0.2) is 91.3 Å². The van der Waals surface area contributed by atoms with Crippen molar-refractivity contribution < 1.29 is 23.4 Å². The number of rotatable bonds is 7. The normalized spacial score (nSPS) is 19.7. The molecule has 1 amide bonds. The molecule has 1 aromatic heterocycles. The van der Waals surface area contributed by atoms with Gasteiger partial charge >= 0.3 is 6.01 Å². The molecule has 11 heteroatoms. The minimum atomic E-state index is -0.943. The summed E-state index contributed by atoms with van der Waals surface area (Å²) in [6.45, 7) is 9.62. The predicted octanol–water partition coefficient (Wildman–Crippen LogP) is 3.94. The Kier molecular flexibility index (Phi) is 8.34. The molecule has 0 saturated carbocycles. The molecule has 1 unspecified atom stereocenters. The molecular formula is C30H33ClFN5O4. The highest BCUT2D eigenvalue weighted by Crippen LogP contribution is 2.39. The number of hydrogen-bond acceptors (Lipinski definition) is 8. The maximum absolute atomic E-state index is 13.5. The van der Waals surface area contributed by atoms with Crippen LogP contribution < -0.4 is 9.64 Å². The van der Waals surface area contributed by atoms with Crippen LogP contribution in [0.15, 0.2) is 48.8 Å². The van der Waals surface area contributed by atoms with Crippen LogP contribution >= 0.6 is 11.6 Å². The van der Waals surface area contributed by atoms with Crippen LogP contribution in [0.2, 0.25) is 5.02 Å². The Labute approximate surface area is 243 Å². The fourth-order valence-corrected chi connectivity index (χ4v) is 6.02. The first kappa shape index (κ1) is 27.8. The van der Waals surface area contributed by atoms with E-state index in [0.717, 1.165) is 66.3 Å². The standard InChI is InChI=1S/C30H33ClFN5O4/c1-20(32)29(38)37-10-8-36(9-11-37)28-23-19-41-26(22-6-2-4-21-5-3-7-24(31)27(21)22)18-25(23)33-30(34-28)40-17-14-35-12-15-39-16-13-35/h2-7,26H,1,8-19H2. The highest BCUT2D eigenvalue weighted by Gasteiger charge is 2.31. The third kappa shape index (κ3) is 6.01. The van der Waals surface area contributed by atoms with Gasteiger partial charge in [-0.2, -0.15) is 9.97 Å². The molecule has 2 saturated heterocycles. The smallest absolute Gasteiger partial charge is 0.318 e. The summed E-state index contributed by atoms with van der Waals surface area (Å²) >= 11 is 6.63. The van der Waals surface area contributed by atoms with Gasteiger partial charge in [-0.15, -0.1) is 0 Å². The van der Waals surface area contributed by atoms with E-state index in [1.54, 1.807) is 0 Å². The molecule has 2 fully saturated rings. The van der Waals surface area contributed by atoms with Crippen molar-refractivity contribution in [3.05, 3.63) is 70.6 Å². The molecule has 0 aliphatic carbocycles. The number of carbonyl (C=O) groups is 1. The number of ether oxygens (including phenoxy) is 3. The lowest BCUT2D eigenvalue weighted by Gasteiger charge is -2.37. The van der Waals surface area contributed by atoms with Gasteiger partial charge < -0.3 is 24.0 Å².